The van der Waals surface area contributed by atoms with Gasteiger partial charge in [-0.15, -0.1) is 21.5 Å². The zero-order valence-corrected chi connectivity index (χ0v) is 17.1. The SMILES string of the molecule is O=C(NCc1cccs1)C1CCN(c2ccc(Sc3ccccc3)nn2)CC1. The molecule has 1 aliphatic heterocycles. The molecule has 3 heterocycles. The molecule has 0 unspecified atom stereocenters. The Morgan fingerprint density at radius 2 is 1.89 bits per heavy atom. The molecule has 0 aliphatic carbocycles. The fraction of sp³-hybridized carbons (Fsp3) is 0.286. The quantitative estimate of drug-likeness (QED) is 0.659. The van der Waals surface area contributed by atoms with Crippen LogP contribution in [0.25, 0.3) is 0 Å². The summed E-state index contributed by atoms with van der Waals surface area (Å²) < 4.78 is 0. The van der Waals surface area contributed by atoms with Crippen molar-refractivity contribution >= 4 is 34.8 Å². The third-order valence-electron chi connectivity index (χ3n) is 4.80. The maximum absolute atomic E-state index is 12.4. The highest BCUT2D eigenvalue weighted by Gasteiger charge is 2.25. The van der Waals surface area contributed by atoms with Gasteiger partial charge in [-0.2, -0.15) is 0 Å². The van der Waals surface area contributed by atoms with E-state index in [1.165, 1.54) is 4.88 Å². The molecule has 5 nitrogen and oxygen atoms in total. The highest BCUT2D eigenvalue weighted by molar-refractivity contribution is 7.99. The zero-order valence-electron chi connectivity index (χ0n) is 15.5. The highest BCUT2D eigenvalue weighted by atomic mass is 32.2. The number of carbonyl (C=O) groups excluding carboxylic acids is 1. The number of hydrogen-bond donors (Lipinski definition) is 1. The van der Waals surface area contributed by atoms with Crippen LogP contribution in [0.1, 0.15) is 17.7 Å². The van der Waals surface area contributed by atoms with Crippen molar-refractivity contribution in [1.29, 1.82) is 0 Å². The van der Waals surface area contributed by atoms with Gasteiger partial charge >= 0.3 is 0 Å². The Bertz CT molecular complexity index is 877. The molecule has 0 spiro atoms. The lowest BCUT2D eigenvalue weighted by Gasteiger charge is -2.31. The second-order valence-electron chi connectivity index (χ2n) is 6.70. The number of nitrogens with one attached hydrogen (secondary N) is 1. The first-order valence-electron chi connectivity index (χ1n) is 9.39. The van der Waals surface area contributed by atoms with Gasteiger partial charge in [-0.05, 0) is 48.6 Å². The molecule has 2 aromatic heterocycles. The highest BCUT2D eigenvalue weighted by Crippen LogP contribution is 2.27. The molecule has 4 rings (SSSR count). The van der Waals surface area contributed by atoms with E-state index in [4.69, 9.17) is 0 Å². The molecule has 7 heteroatoms. The number of nitrogens with zero attached hydrogens (tertiary/aromatic N) is 3. The van der Waals surface area contributed by atoms with E-state index in [0.717, 1.165) is 41.7 Å². The summed E-state index contributed by atoms with van der Waals surface area (Å²) in [6.45, 7) is 2.29. The van der Waals surface area contributed by atoms with Crippen molar-refractivity contribution in [3.05, 3.63) is 64.9 Å². The van der Waals surface area contributed by atoms with Crippen LogP contribution in [-0.4, -0.2) is 29.2 Å². The lowest BCUT2D eigenvalue weighted by Crippen LogP contribution is -2.40. The second-order valence-corrected chi connectivity index (χ2v) is 8.83. The van der Waals surface area contributed by atoms with E-state index in [1.807, 2.05) is 47.8 Å². The van der Waals surface area contributed by atoms with Gasteiger partial charge in [0.1, 0.15) is 5.03 Å². The minimum absolute atomic E-state index is 0.0806. The number of anilines is 1. The maximum atomic E-state index is 12.4. The van der Waals surface area contributed by atoms with Crippen LogP contribution < -0.4 is 10.2 Å². The molecular weight excluding hydrogens is 388 g/mol. The summed E-state index contributed by atoms with van der Waals surface area (Å²) in [5.41, 5.74) is 0. The Morgan fingerprint density at radius 1 is 1.07 bits per heavy atom. The summed E-state index contributed by atoms with van der Waals surface area (Å²) in [6, 6.07) is 18.3. The smallest absolute Gasteiger partial charge is 0.223 e. The number of amides is 1. The monoisotopic (exact) mass is 410 g/mol. The Labute approximate surface area is 173 Å². The fourth-order valence-corrected chi connectivity index (χ4v) is 4.64. The van der Waals surface area contributed by atoms with Gasteiger partial charge in [0.25, 0.3) is 0 Å². The van der Waals surface area contributed by atoms with Gasteiger partial charge < -0.3 is 10.2 Å². The second kappa shape index (κ2) is 9.21. The first kappa shape index (κ1) is 19.0. The molecule has 0 bridgehead atoms. The average Bonchev–Trinajstić information content (AvgIpc) is 3.27. The summed E-state index contributed by atoms with van der Waals surface area (Å²) in [5.74, 6) is 1.13. The average molecular weight is 411 g/mol. The minimum Gasteiger partial charge on any atom is -0.355 e. The minimum atomic E-state index is 0.0806. The standard InChI is InChI=1S/C21H22N4OS2/c26-21(22-15-18-7-4-14-27-18)16-10-12-25(13-11-16)19-8-9-20(24-23-19)28-17-5-2-1-3-6-17/h1-9,14,16H,10-13,15H2,(H,22,26). The number of rotatable bonds is 6. The van der Waals surface area contributed by atoms with E-state index in [9.17, 15) is 4.79 Å². The number of piperidine rings is 1. The molecule has 1 saturated heterocycles. The molecule has 0 atom stereocenters. The van der Waals surface area contributed by atoms with Crippen molar-refractivity contribution in [2.75, 3.05) is 18.0 Å². The van der Waals surface area contributed by atoms with E-state index in [2.05, 4.69) is 32.5 Å². The third-order valence-corrected chi connectivity index (χ3v) is 6.61. The molecule has 0 radical (unpaired) electrons. The summed E-state index contributed by atoms with van der Waals surface area (Å²) >= 11 is 3.28. The van der Waals surface area contributed by atoms with E-state index in [-0.39, 0.29) is 11.8 Å². The lowest BCUT2D eigenvalue weighted by molar-refractivity contribution is -0.125. The topological polar surface area (TPSA) is 58.1 Å². The number of aromatic nitrogens is 2. The predicted molar refractivity (Wildman–Crippen MR) is 114 cm³/mol. The first-order valence-corrected chi connectivity index (χ1v) is 11.1. The van der Waals surface area contributed by atoms with Crippen LogP contribution in [0.3, 0.4) is 0 Å². The molecule has 1 amide bonds. The fourth-order valence-electron chi connectivity index (χ4n) is 3.25. The number of thiophene rings is 1. The van der Waals surface area contributed by atoms with Crippen molar-refractivity contribution in [2.45, 2.75) is 29.3 Å². The summed E-state index contributed by atoms with van der Waals surface area (Å²) in [6.07, 6.45) is 1.69. The molecule has 1 aliphatic rings. The Kier molecular flexibility index (Phi) is 6.24. The normalized spacial score (nSPS) is 14.8. The molecule has 1 fully saturated rings. The molecule has 144 valence electrons. The van der Waals surface area contributed by atoms with Crippen LogP contribution in [-0.2, 0) is 11.3 Å². The van der Waals surface area contributed by atoms with E-state index in [1.54, 1.807) is 23.1 Å². The molecule has 3 aromatic rings. The molecule has 0 saturated carbocycles. The van der Waals surface area contributed by atoms with Crippen LogP contribution in [0, 0.1) is 5.92 Å². The van der Waals surface area contributed by atoms with Gasteiger partial charge in [-0.1, -0.05) is 36.0 Å². The number of benzene rings is 1. The van der Waals surface area contributed by atoms with Crippen LogP contribution in [0.5, 0.6) is 0 Å². The molecule has 1 N–H and O–H groups in total. The van der Waals surface area contributed by atoms with Crippen LogP contribution >= 0.6 is 23.1 Å². The summed E-state index contributed by atoms with van der Waals surface area (Å²) in [4.78, 5) is 17.0. The van der Waals surface area contributed by atoms with Gasteiger partial charge in [0.05, 0.1) is 6.54 Å². The van der Waals surface area contributed by atoms with Gasteiger partial charge in [0.2, 0.25) is 5.91 Å². The number of hydrogen-bond acceptors (Lipinski definition) is 6. The van der Waals surface area contributed by atoms with Gasteiger partial charge in [0.15, 0.2) is 5.82 Å². The molecule has 1 aromatic carbocycles. The Hall–Kier alpha value is -2.38. The molecular formula is C21H22N4OS2. The van der Waals surface area contributed by atoms with Crippen molar-refractivity contribution in [3.8, 4) is 0 Å². The maximum Gasteiger partial charge on any atom is 0.223 e. The van der Waals surface area contributed by atoms with Crippen molar-refractivity contribution in [2.24, 2.45) is 5.92 Å². The number of carbonyl (C=O) groups is 1. The zero-order chi connectivity index (χ0) is 19.2. The molecule has 28 heavy (non-hydrogen) atoms. The summed E-state index contributed by atoms with van der Waals surface area (Å²) in [7, 11) is 0. The largest absolute Gasteiger partial charge is 0.355 e. The van der Waals surface area contributed by atoms with Gasteiger partial charge in [-0.25, -0.2) is 0 Å². The van der Waals surface area contributed by atoms with Crippen molar-refractivity contribution < 1.29 is 4.79 Å². The third kappa shape index (κ3) is 4.91. The van der Waals surface area contributed by atoms with Crippen molar-refractivity contribution in [3.63, 3.8) is 0 Å². The van der Waals surface area contributed by atoms with Crippen molar-refractivity contribution in [1.82, 2.24) is 15.5 Å². The van der Waals surface area contributed by atoms with E-state index in [0.29, 0.717) is 6.54 Å². The predicted octanol–water partition coefficient (Wildman–Crippen LogP) is 4.22. The van der Waals surface area contributed by atoms with Gasteiger partial charge in [-0.3, -0.25) is 4.79 Å². The van der Waals surface area contributed by atoms with Crippen LogP contribution in [0.15, 0.2) is 69.9 Å². The van der Waals surface area contributed by atoms with E-state index < -0.39 is 0 Å². The first-order chi connectivity index (χ1) is 13.8. The van der Waals surface area contributed by atoms with Gasteiger partial charge in [0, 0.05) is 28.8 Å². The van der Waals surface area contributed by atoms with E-state index >= 15 is 0 Å². The lowest BCUT2D eigenvalue weighted by atomic mass is 9.96. The Balaban J connectivity index is 1.27. The van der Waals surface area contributed by atoms with Crippen LogP contribution in [0.4, 0.5) is 5.82 Å². The Morgan fingerprint density at radius 3 is 2.57 bits per heavy atom. The van der Waals surface area contributed by atoms with Crippen LogP contribution in [0.2, 0.25) is 0 Å². The summed E-state index contributed by atoms with van der Waals surface area (Å²) in [5, 5.41) is 14.7.